The average molecular weight is 285 g/mol. The molecular formula is C11H13BrN2O2. The molecule has 2 amide bonds. The van der Waals surface area contributed by atoms with Gasteiger partial charge >= 0.3 is 0 Å². The number of benzene rings is 1. The van der Waals surface area contributed by atoms with E-state index in [0.717, 1.165) is 5.69 Å². The molecule has 1 aromatic carbocycles. The summed E-state index contributed by atoms with van der Waals surface area (Å²) in [5.74, 6) is -0.328. The van der Waals surface area contributed by atoms with Crippen LogP contribution in [0.5, 0.6) is 0 Å². The minimum absolute atomic E-state index is 0.0549. The SMILES string of the molecule is CN(CC(=O)Nc1ccccc1)C(=O)CBr. The third-order valence-corrected chi connectivity index (χ3v) is 2.46. The molecule has 86 valence electrons. The lowest BCUT2D eigenvalue weighted by molar-refractivity contribution is -0.130. The Labute approximate surface area is 103 Å². The van der Waals surface area contributed by atoms with Gasteiger partial charge in [0, 0.05) is 12.7 Å². The van der Waals surface area contributed by atoms with Gasteiger partial charge in [-0.25, -0.2) is 0 Å². The van der Waals surface area contributed by atoms with Crippen LogP contribution in [-0.2, 0) is 9.59 Å². The van der Waals surface area contributed by atoms with E-state index in [-0.39, 0.29) is 23.7 Å². The van der Waals surface area contributed by atoms with Gasteiger partial charge in [-0.1, -0.05) is 34.1 Å². The first-order valence-corrected chi connectivity index (χ1v) is 5.90. The molecule has 1 aromatic rings. The monoisotopic (exact) mass is 284 g/mol. The number of rotatable bonds is 4. The van der Waals surface area contributed by atoms with Crippen molar-refractivity contribution in [3.8, 4) is 0 Å². The van der Waals surface area contributed by atoms with Crippen LogP contribution in [0.1, 0.15) is 0 Å². The number of halogens is 1. The fourth-order valence-electron chi connectivity index (χ4n) is 1.13. The molecular weight excluding hydrogens is 272 g/mol. The Balaban J connectivity index is 2.45. The summed E-state index contributed by atoms with van der Waals surface area (Å²) < 4.78 is 0. The molecule has 0 aliphatic heterocycles. The minimum Gasteiger partial charge on any atom is -0.336 e. The van der Waals surface area contributed by atoms with E-state index in [1.165, 1.54) is 4.90 Å². The summed E-state index contributed by atoms with van der Waals surface area (Å²) in [5.41, 5.74) is 0.729. The number of hydrogen-bond acceptors (Lipinski definition) is 2. The Bertz CT molecular complexity index is 368. The molecule has 0 fully saturated rings. The number of nitrogens with zero attached hydrogens (tertiary/aromatic N) is 1. The third kappa shape index (κ3) is 4.02. The van der Waals surface area contributed by atoms with Crippen molar-refractivity contribution >= 4 is 33.4 Å². The van der Waals surface area contributed by atoms with Gasteiger partial charge < -0.3 is 10.2 Å². The zero-order valence-corrected chi connectivity index (χ0v) is 10.5. The zero-order chi connectivity index (χ0) is 12.0. The number of alkyl halides is 1. The highest BCUT2D eigenvalue weighted by atomic mass is 79.9. The van der Waals surface area contributed by atoms with Gasteiger partial charge in [-0.2, -0.15) is 0 Å². The van der Waals surface area contributed by atoms with Gasteiger partial charge in [-0.3, -0.25) is 9.59 Å². The van der Waals surface area contributed by atoms with Crippen LogP contribution in [0, 0.1) is 0 Å². The number of carbonyl (C=O) groups is 2. The number of hydrogen-bond donors (Lipinski definition) is 1. The maximum atomic E-state index is 11.5. The first-order valence-electron chi connectivity index (χ1n) is 4.78. The molecule has 0 unspecified atom stereocenters. The van der Waals surface area contributed by atoms with Crippen LogP contribution in [0.2, 0.25) is 0 Å². The Hall–Kier alpha value is -1.36. The molecule has 0 bridgehead atoms. The smallest absolute Gasteiger partial charge is 0.243 e. The van der Waals surface area contributed by atoms with Crippen LogP contribution in [-0.4, -0.2) is 35.6 Å². The van der Waals surface area contributed by atoms with Crippen molar-refractivity contribution in [2.75, 3.05) is 24.2 Å². The predicted molar refractivity (Wildman–Crippen MR) is 66.5 cm³/mol. The lowest BCUT2D eigenvalue weighted by atomic mass is 10.3. The van der Waals surface area contributed by atoms with E-state index in [9.17, 15) is 9.59 Å². The molecule has 0 spiro atoms. The van der Waals surface area contributed by atoms with Crippen LogP contribution < -0.4 is 5.32 Å². The highest BCUT2D eigenvalue weighted by molar-refractivity contribution is 9.09. The van der Waals surface area contributed by atoms with Crippen molar-refractivity contribution in [1.29, 1.82) is 0 Å². The van der Waals surface area contributed by atoms with E-state index in [2.05, 4.69) is 21.2 Å². The lowest BCUT2D eigenvalue weighted by Crippen LogP contribution is -2.35. The van der Waals surface area contributed by atoms with Crippen LogP contribution in [0.25, 0.3) is 0 Å². The molecule has 1 N–H and O–H groups in total. The van der Waals surface area contributed by atoms with Gasteiger partial charge in [0.25, 0.3) is 0 Å². The van der Waals surface area contributed by atoms with Crippen LogP contribution in [0.15, 0.2) is 30.3 Å². The van der Waals surface area contributed by atoms with E-state index in [1.807, 2.05) is 18.2 Å². The van der Waals surface area contributed by atoms with Gasteiger partial charge in [0.15, 0.2) is 0 Å². The first kappa shape index (κ1) is 12.7. The molecule has 16 heavy (non-hydrogen) atoms. The number of carbonyl (C=O) groups excluding carboxylic acids is 2. The topological polar surface area (TPSA) is 49.4 Å². The number of amides is 2. The van der Waals surface area contributed by atoms with E-state index < -0.39 is 0 Å². The van der Waals surface area contributed by atoms with Crippen LogP contribution in [0.3, 0.4) is 0 Å². The number of anilines is 1. The molecule has 4 nitrogen and oxygen atoms in total. The third-order valence-electron chi connectivity index (χ3n) is 1.98. The number of likely N-dealkylation sites (N-methyl/N-ethyl adjacent to an activating group) is 1. The van der Waals surface area contributed by atoms with Crippen molar-refractivity contribution in [1.82, 2.24) is 4.90 Å². The summed E-state index contributed by atoms with van der Waals surface area (Å²) in [7, 11) is 1.59. The maximum Gasteiger partial charge on any atom is 0.243 e. The fraction of sp³-hybridized carbons (Fsp3) is 0.273. The summed E-state index contributed by atoms with van der Waals surface area (Å²) in [6, 6.07) is 9.14. The van der Waals surface area contributed by atoms with Crippen LogP contribution in [0.4, 0.5) is 5.69 Å². The van der Waals surface area contributed by atoms with Crippen molar-refractivity contribution in [3.63, 3.8) is 0 Å². The molecule has 0 aliphatic rings. The molecule has 0 heterocycles. The van der Waals surface area contributed by atoms with E-state index in [4.69, 9.17) is 0 Å². The highest BCUT2D eigenvalue weighted by Gasteiger charge is 2.11. The summed E-state index contributed by atoms with van der Waals surface area (Å²) in [5, 5.41) is 2.93. The summed E-state index contributed by atoms with van der Waals surface area (Å²) in [4.78, 5) is 24.1. The standard InChI is InChI=1S/C11H13BrN2O2/c1-14(11(16)7-12)8-10(15)13-9-5-3-2-4-6-9/h2-6H,7-8H2,1H3,(H,13,15). The number of nitrogens with one attached hydrogen (secondary N) is 1. The number of para-hydroxylation sites is 1. The second-order valence-corrected chi connectivity index (χ2v) is 3.86. The Morgan fingerprint density at radius 3 is 2.50 bits per heavy atom. The summed E-state index contributed by atoms with van der Waals surface area (Å²) >= 11 is 3.05. The molecule has 5 heteroatoms. The summed E-state index contributed by atoms with van der Waals surface area (Å²) in [6.45, 7) is 0.0549. The zero-order valence-electron chi connectivity index (χ0n) is 8.94. The quantitative estimate of drug-likeness (QED) is 0.852. The molecule has 0 aromatic heterocycles. The van der Waals surface area contributed by atoms with Gasteiger partial charge in [0.05, 0.1) is 11.9 Å². The molecule has 0 radical (unpaired) electrons. The Morgan fingerprint density at radius 2 is 1.94 bits per heavy atom. The fourth-order valence-corrected chi connectivity index (χ4v) is 1.56. The second kappa shape index (κ2) is 6.27. The predicted octanol–water partition coefficient (Wildman–Crippen LogP) is 1.48. The Kier molecular flexibility index (Phi) is 4.98. The van der Waals surface area contributed by atoms with Crippen molar-refractivity contribution in [3.05, 3.63) is 30.3 Å². The molecule has 0 saturated heterocycles. The lowest BCUT2D eigenvalue weighted by Gasteiger charge is -2.15. The molecule has 0 aliphatic carbocycles. The molecule has 0 atom stereocenters. The van der Waals surface area contributed by atoms with Gasteiger partial charge in [-0.15, -0.1) is 0 Å². The normalized spacial score (nSPS) is 9.62. The van der Waals surface area contributed by atoms with E-state index in [0.29, 0.717) is 0 Å². The minimum atomic E-state index is -0.206. The first-order chi connectivity index (χ1) is 7.63. The van der Waals surface area contributed by atoms with Gasteiger partial charge in [0.2, 0.25) is 11.8 Å². The van der Waals surface area contributed by atoms with Crippen LogP contribution >= 0.6 is 15.9 Å². The van der Waals surface area contributed by atoms with Crippen molar-refractivity contribution < 1.29 is 9.59 Å². The molecule has 0 saturated carbocycles. The highest BCUT2D eigenvalue weighted by Crippen LogP contribution is 2.04. The van der Waals surface area contributed by atoms with Crippen molar-refractivity contribution in [2.45, 2.75) is 0 Å². The molecule has 1 rings (SSSR count). The van der Waals surface area contributed by atoms with E-state index in [1.54, 1.807) is 19.2 Å². The van der Waals surface area contributed by atoms with Crippen molar-refractivity contribution in [2.24, 2.45) is 0 Å². The average Bonchev–Trinajstić information content (AvgIpc) is 2.29. The largest absolute Gasteiger partial charge is 0.336 e. The maximum absolute atomic E-state index is 11.5. The summed E-state index contributed by atoms with van der Waals surface area (Å²) in [6.07, 6.45) is 0. The van der Waals surface area contributed by atoms with E-state index >= 15 is 0 Å². The Morgan fingerprint density at radius 1 is 1.31 bits per heavy atom. The second-order valence-electron chi connectivity index (χ2n) is 3.30. The van der Waals surface area contributed by atoms with Gasteiger partial charge in [-0.05, 0) is 12.1 Å². The van der Waals surface area contributed by atoms with Gasteiger partial charge in [0.1, 0.15) is 0 Å².